The molecule has 0 bridgehead atoms. The fourth-order valence-electron chi connectivity index (χ4n) is 2.87. The Morgan fingerprint density at radius 3 is 2.81 bits per heavy atom. The third-order valence-corrected chi connectivity index (χ3v) is 5.81. The summed E-state index contributed by atoms with van der Waals surface area (Å²) in [6.07, 6.45) is 2.58. The Morgan fingerprint density at radius 1 is 1.50 bits per heavy atom. The summed E-state index contributed by atoms with van der Waals surface area (Å²) in [6, 6.07) is 8.17. The Morgan fingerprint density at radius 2 is 2.23 bits per heavy atom. The van der Waals surface area contributed by atoms with Crippen molar-refractivity contribution >= 4 is 51.2 Å². The summed E-state index contributed by atoms with van der Waals surface area (Å²) in [5, 5.41) is 4.08. The van der Waals surface area contributed by atoms with Crippen LogP contribution >= 0.6 is 34.4 Å². The van der Waals surface area contributed by atoms with E-state index >= 15 is 0 Å². The first kappa shape index (κ1) is 20.8. The van der Waals surface area contributed by atoms with Crippen molar-refractivity contribution in [2.75, 3.05) is 6.26 Å². The van der Waals surface area contributed by atoms with Gasteiger partial charge < -0.3 is 10.1 Å². The lowest BCUT2D eigenvalue weighted by Gasteiger charge is -2.35. The van der Waals surface area contributed by atoms with Gasteiger partial charge in [0.15, 0.2) is 5.44 Å². The molecule has 138 valence electrons. The van der Waals surface area contributed by atoms with Crippen molar-refractivity contribution in [1.82, 2.24) is 10.3 Å². The molecule has 2 rings (SSSR count). The van der Waals surface area contributed by atoms with Gasteiger partial charge in [0.05, 0.1) is 9.09 Å². The number of nitrogens with zero attached hydrogens (tertiary/aromatic N) is 1. The van der Waals surface area contributed by atoms with Gasteiger partial charge in [-0.2, -0.15) is 0 Å². The first-order valence-corrected chi connectivity index (χ1v) is 10.7. The molecule has 1 amide bonds. The molecule has 26 heavy (non-hydrogen) atoms. The molecule has 0 fully saturated rings. The fraction of sp³-hybridized carbons (Fsp3) is 0.400. The normalized spacial score (nSPS) is 14.1. The highest BCUT2D eigenvalue weighted by atomic mass is 127. The second-order valence-electron chi connectivity index (χ2n) is 5.99. The van der Waals surface area contributed by atoms with Gasteiger partial charge in [-0.3, -0.25) is 4.79 Å². The molecular formula is C20H23IN2O2S. The highest BCUT2D eigenvalue weighted by molar-refractivity contribution is 14.1. The molecule has 2 unspecified atom stereocenters. The summed E-state index contributed by atoms with van der Waals surface area (Å²) in [6.45, 7) is 7.30. The molecule has 0 aliphatic rings. The molecule has 0 aliphatic heterocycles. The third kappa shape index (κ3) is 4.44. The van der Waals surface area contributed by atoms with Crippen LogP contribution in [0.1, 0.15) is 32.8 Å². The van der Waals surface area contributed by atoms with Crippen molar-refractivity contribution in [3.8, 4) is 17.7 Å². The maximum Gasteiger partial charge on any atom is 0.228 e. The van der Waals surface area contributed by atoms with Gasteiger partial charge in [-0.05, 0) is 60.7 Å². The second kappa shape index (κ2) is 8.96. The van der Waals surface area contributed by atoms with Gasteiger partial charge in [0.2, 0.25) is 11.8 Å². The zero-order chi connectivity index (χ0) is 19.3. The predicted octanol–water partition coefficient (Wildman–Crippen LogP) is 4.52. The van der Waals surface area contributed by atoms with Crippen LogP contribution < -0.4 is 10.1 Å². The quantitative estimate of drug-likeness (QED) is 0.374. The van der Waals surface area contributed by atoms with Crippen molar-refractivity contribution in [2.24, 2.45) is 0 Å². The average molecular weight is 482 g/mol. The van der Waals surface area contributed by atoms with E-state index < -0.39 is 5.54 Å². The van der Waals surface area contributed by atoms with Gasteiger partial charge in [0.1, 0.15) is 5.54 Å². The third-order valence-electron chi connectivity index (χ3n) is 4.11. The van der Waals surface area contributed by atoms with Crippen molar-refractivity contribution in [3.05, 3.63) is 33.4 Å². The summed E-state index contributed by atoms with van der Waals surface area (Å²) in [4.78, 5) is 16.5. The standard InChI is InChI=1S/C20H23IN2O2S/c1-6-11-20(7-2,23-14(4)24)19(26-5)25-18-16(21)12-15-10-8-9-13(3)17(15)22-18/h8-10,12,19H,7H2,1-5H3,(H,23,24). The summed E-state index contributed by atoms with van der Waals surface area (Å²) >= 11 is 3.75. The number of fused-ring (bicyclic) bond motifs is 1. The number of benzene rings is 1. The van der Waals surface area contributed by atoms with Crippen molar-refractivity contribution < 1.29 is 9.53 Å². The molecule has 0 spiro atoms. The number of nitrogens with one attached hydrogen (secondary N) is 1. The Hall–Kier alpha value is -1.46. The fourth-order valence-corrected chi connectivity index (χ4v) is 4.33. The number of pyridine rings is 1. The number of thioether (sulfide) groups is 1. The van der Waals surface area contributed by atoms with Gasteiger partial charge in [-0.25, -0.2) is 4.98 Å². The number of rotatable bonds is 6. The van der Waals surface area contributed by atoms with E-state index in [0.29, 0.717) is 12.3 Å². The van der Waals surface area contributed by atoms with Crippen molar-refractivity contribution in [1.29, 1.82) is 0 Å². The Balaban J connectivity index is 2.49. The Labute approximate surface area is 173 Å². The van der Waals surface area contributed by atoms with Crippen LogP contribution in [0.15, 0.2) is 24.3 Å². The predicted molar refractivity (Wildman–Crippen MR) is 117 cm³/mol. The zero-order valence-corrected chi connectivity index (χ0v) is 18.6. The number of halogens is 1. The number of carbonyl (C=O) groups is 1. The molecular weight excluding hydrogens is 459 g/mol. The van der Waals surface area contributed by atoms with Crippen molar-refractivity contribution in [2.45, 2.75) is 45.1 Å². The highest BCUT2D eigenvalue weighted by Gasteiger charge is 2.39. The smallest absolute Gasteiger partial charge is 0.228 e. The van der Waals surface area contributed by atoms with E-state index in [1.807, 2.05) is 38.3 Å². The first-order valence-electron chi connectivity index (χ1n) is 8.34. The van der Waals surface area contributed by atoms with E-state index in [1.54, 1.807) is 6.92 Å². The van der Waals surface area contributed by atoms with Crippen LogP contribution in [0.4, 0.5) is 0 Å². The molecule has 2 atom stereocenters. The van der Waals surface area contributed by atoms with Gasteiger partial charge >= 0.3 is 0 Å². The van der Waals surface area contributed by atoms with E-state index in [1.165, 1.54) is 18.7 Å². The van der Waals surface area contributed by atoms with E-state index in [0.717, 1.165) is 20.0 Å². The molecule has 0 radical (unpaired) electrons. The van der Waals surface area contributed by atoms with Gasteiger partial charge in [0, 0.05) is 12.3 Å². The minimum Gasteiger partial charge on any atom is -0.459 e. The number of hydrogen-bond donors (Lipinski definition) is 1. The van der Waals surface area contributed by atoms with E-state index in [-0.39, 0.29) is 11.3 Å². The van der Waals surface area contributed by atoms with Crippen LogP contribution in [0, 0.1) is 22.3 Å². The number of hydrogen-bond acceptors (Lipinski definition) is 4. The molecule has 1 heterocycles. The molecule has 1 aromatic carbocycles. The molecule has 0 aliphatic carbocycles. The molecule has 2 aromatic rings. The van der Waals surface area contributed by atoms with E-state index in [4.69, 9.17) is 9.72 Å². The minimum absolute atomic E-state index is 0.130. The summed E-state index contributed by atoms with van der Waals surface area (Å²) < 4.78 is 7.22. The molecule has 1 N–H and O–H groups in total. The number of carbonyl (C=O) groups excluding carboxylic acids is 1. The summed E-state index contributed by atoms with van der Waals surface area (Å²) in [7, 11) is 0. The van der Waals surface area contributed by atoms with E-state index in [2.05, 4.69) is 45.8 Å². The Kier molecular flexibility index (Phi) is 7.18. The monoisotopic (exact) mass is 482 g/mol. The lowest BCUT2D eigenvalue weighted by molar-refractivity contribution is -0.120. The topological polar surface area (TPSA) is 51.2 Å². The molecule has 0 saturated heterocycles. The van der Waals surface area contributed by atoms with Gasteiger partial charge in [0.25, 0.3) is 0 Å². The summed E-state index contributed by atoms with van der Waals surface area (Å²) in [5.74, 6) is 6.53. The maximum absolute atomic E-state index is 11.8. The highest BCUT2D eigenvalue weighted by Crippen LogP contribution is 2.32. The van der Waals surface area contributed by atoms with E-state index in [9.17, 15) is 4.79 Å². The molecule has 6 heteroatoms. The van der Waals surface area contributed by atoms with Crippen LogP contribution in [0.2, 0.25) is 0 Å². The van der Waals surface area contributed by atoms with Gasteiger partial charge in [-0.15, -0.1) is 17.7 Å². The molecule has 1 aromatic heterocycles. The maximum atomic E-state index is 11.8. The first-order chi connectivity index (χ1) is 12.4. The zero-order valence-electron chi connectivity index (χ0n) is 15.6. The minimum atomic E-state index is -0.772. The number of amides is 1. The number of para-hydroxylation sites is 1. The van der Waals surface area contributed by atoms with Crippen molar-refractivity contribution in [3.63, 3.8) is 0 Å². The van der Waals surface area contributed by atoms with Crippen LogP contribution in [-0.4, -0.2) is 28.1 Å². The SMILES string of the molecule is CC#CC(CC)(NC(C)=O)C(Oc1nc2c(C)cccc2cc1I)SC. The number of aromatic nitrogens is 1. The Bertz CT molecular complexity index is 875. The van der Waals surface area contributed by atoms with Crippen LogP contribution in [0.3, 0.4) is 0 Å². The van der Waals surface area contributed by atoms with Crippen LogP contribution in [0.5, 0.6) is 5.88 Å². The largest absolute Gasteiger partial charge is 0.459 e. The number of aryl methyl sites for hydroxylation is 1. The molecule has 0 saturated carbocycles. The van der Waals surface area contributed by atoms with Gasteiger partial charge in [-0.1, -0.05) is 31.0 Å². The lowest BCUT2D eigenvalue weighted by atomic mass is 9.97. The molecule has 4 nitrogen and oxygen atoms in total. The average Bonchev–Trinajstić information content (AvgIpc) is 2.59. The second-order valence-corrected chi connectivity index (χ2v) is 8.05. The number of ether oxygens (including phenoxy) is 1. The summed E-state index contributed by atoms with van der Waals surface area (Å²) in [5.41, 5.74) is 0.865. The lowest BCUT2D eigenvalue weighted by Crippen LogP contribution is -2.55. The van der Waals surface area contributed by atoms with Crippen LogP contribution in [0.25, 0.3) is 10.9 Å². The van der Waals surface area contributed by atoms with Crippen LogP contribution in [-0.2, 0) is 4.79 Å².